The lowest BCUT2D eigenvalue weighted by Gasteiger charge is -2.23. The molecule has 162 valence electrons. The Morgan fingerprint density at radius 3 is 2.60 bits per heavy atom. The minimum absolute atomic E-state index is 0.0638. The first-order valence-electron chi connectivity index (χ1n) is 9.32. The van der Waals surface area contributed by atoms with Gasteiger partial charge in [-0.1, -0.05) is 19.1 Å². The quantitative estimate of drug-likeness (QED) is 0.708. The molecule has 1 amide bonds. The molecule has 6 nitrogen and oxygen atoms in total. The van der Waals surface area contributed by atoms with Gasteiger partial charge < -0.3 is 9.84 Å². The van der Waals surface area contributed by atoms with Crippen molar-refractivity contribution in [3.63, 3.8) is 0 Å². The molecule has 1 saturated heterocycles. The number of alkyl halides is 2. The van der Waals surface area contributed by atoms with Crippen LogP contribution in [0.2, 0.25) is 0 Å². The van der Waals surface area contributed by atoms with E-state index in [2.05, 4.69) is 9.97 Å². The second-order valence-corrected chi connectivity index (χ2v) is 7.44. The van der Waals surface area contributed by atoms with Crippen LogP contribution in [-0.4, -0.2) is 39.9 Å². The number of amides is 1. The van der Waals surface area contributed by atoms with Crippen molar-refractivity contribution in [3.05, 3.63) is 53.0 Å². The molecule has 0 spiro atoms. The molecular weight excluding hydrogens is 406 g/mol. The molecular formula is C20H21F4N3O3. The highest BCUT2D eigenvalue weighted by Crippen LogP contribution is 2.31. The molecule has 1 aromatic carbocycles. The van der Waals surface area contributed by atoms with Crippen LogP contribution < -0.4 is 4.90 Å². The van der Waals surface area contributed by atoms with Crippen LogP contribution in [0.3, 0.4) is 0 Å². The van der Waals surface area contributed by atoms with E-state index < -0.39 is 47.3 Å². The number of ether oxygens (including phenoxy) is 1. The predicted octanol–water partition coefficient (Wildman–Crippen LogP) is 3.92. The third-order valence-corrected chi connectivity index (χ3v) is 4.99. The molecule has 10 heteroatoms. The van der Waals surface area contributed by atoms with E-state index in [-0.39, 0.29) is 30.2 Å². The zero-order chi connectivity index (χ0) is 22.2. The van der Waals surface area contributed by atoms with Gasteiger partial charge in [0.25, 0.3) is 5.92 Å². The van der Waals surface area contributed by atoms with Gasteiger partial charge in [0.05, 0.1) is 12.3 Å². The van der Waals surface area contributed by atoms with Gasteiger partial charge in [-0.05, 0) is 24.5 Å². The molecule has 2 aromatic rings. The number of aliphatic hydroxyl groups excluding tert-OH is 1. The van der Waals surface area contributed by atoms with Crippen LogP contribution >= 0.6 is 0 Å². The number of anilines is 1. The molecule has 1 aliphatic heterocycles. The highest BCUT2D eigenvalue weighted by Gasteiger charge is 2.39. The summed E-state index contributed by atoms with van der Waals surface area (Å²) >= 11 is 0. The minimum Gasteiger partial charge on any atom is -0.447 e. The smallest absolute Gasteiger partial charge is 0.416 e. The summed E-state index contributed by atoms with van der Waals surface area (Å²) in [7, 11) is 0. The second-order valence-electron chi connectivity index (χ2n) is 7.44. The third kappa shape index (κ3) is 4.38. The van der Waals surface area contributed by atoms with Crippen molar-refractivity contribution in [2.24, 2.45) is 0 Å². The molecule has 0 aliphatic carbocycles. The average Bonchev–Trinajstić information content (AvgIpc) is 3.04. The summed E-state index contributed by atoms with van der Waals surface area (Å²) in [6.45, 7) is 3.65. The van der Waals surface area contributed by atoms with E-state index in [9.17, 15) is 27.5 Å². The number of nitrogens with zero attached hydrogens (tertiary/aromatic N) is 3. The summed E-state index contributed by atoms with van der Waals surface area (Å²) in [5, 5.41) is 9.83. The summed E-state index contributed by atoms with van der Waals surface area (Å²) in [5.41, 5.74) is -0.257. The van der Waals surface area contributed by atoms with Crippen molar-refractivity contribution in [2.45, 2.75) is 51.2 Å². The van der Waals surface area contributed by atoms with Gasteiger partial charge >= 0.3 is 6.09 Å². The number of cyclic esters (lactones) is 1. The minimum atomic E-state index is -3.16. The van der Waals surface area contributed by atoms with Gasteiger partial charge in [-0.2, -0.15) is 0 Å². The molecule has 1 fully saturated rings. The second kappa shape index (κ2) is 8.17. The first-order chi connectivity index (χ1) is 14.0. The number of aliphatic hydroxyl groups is 1. The van der Waals surface area contributed by atoms with Gasteiger partial charge in [0, 0.05) is 18.9 Å². The number of hydrogen-bond acceptors (Lipinski definition) is 5. The number of rotatable bonds is 6. The SMILES string of the molecule is C[C@H](Cc1ncc(F)c(N2C(=O)OC[C@@H]2[C@@H](C)O)n1)c1ccc(C(C)(F)F)cc1F. The van der Waals surface area contributed by atoms with Crippen molar-refractivity contribution in [1.82, 2.24) is 9.97 Å². The van der Waals surface area contributed by atoms with Crippen LogP contribution in [-0.2, 0) is 17.1 Å². The Kier molecular flexibility index (Phi) is 5.98. The highest BCUT2D eigenvalue weighted by molar-refractivity contribution is 5.89. The lowest BCUT2D eigenvalue weighted by atomic mass is 9.95. The Morgan fingerprint density at radius 2 is 2.00 bits per heavy atom. The Labute approximate surface area is 170 Å². The van der Waals surface area contributed by atoms with E-state index >= 15 is 0 Å². The zero-order valence-corrected chi connectivity index (χ0v) is 16.6. The molecule has 30 heavy (non-hydrogen) atoms. The van der Waals surface area contributed by atoms with Gasteiger partial charge in [0.2, 0.25) is 0 Å². The summed E-state index contributed by atoms with van der Waals surface area (Å²) < 4.78 is 60.4. The van der Waals surface area contributed by atoms with Crippen molar-refractivity contribution in [2.75, 3.05) is 11.5 Å². The van der Waals surface area contributed by atoms with Gasteiger partial charge in [0.1, 0.15) is 24.3 Å². The standard InChI is InChI=1S/C20H21F4N3O3/c1-10(13-5-4-12(7-14(13)21)20(3,23)24)6-17-25-8-15(22)18(26-17)27-16(11(2)28)9-30-19(27)29/h4-5,7-8,10-11,16,28H,6,9H2,1-3H3/t10-,11-,16-/m1/s1. The molecule has 0 bridgehead atoms. The number of benzene rings is 1. The van der Waals surface area contributed by atoms with Crippen LogP contribution in [0.4, 0.5) is 28.2 Å². The van der Waals surface area contributed by atoms with Gasteiger partial charge in [-0.15, -0.1) is 0 Å². The van der Waals surface area contributed by atoms with Gasteiger partial charge in [-0.25, -0.2) is 37.2 Å². The fourth-order valence-electron chi connectivity index (χ4n) is 3.28. The topological polar surface area (TPSA) is 75.6 Å². The summed E-state index contributed by atoms with van der Waals surface area (Å²) in [6.07, 6.45) is -0.891. The van der Waals surface area contributed by atoms with Crippen LogP contribution in [0.15, 0.2) is 24.4 Å². The molecule has 0 saturated carbocycles. The number of carbonyl (C=O) groups is 1. The van der Waals surface area contributed by atoms with Crippen molar-refractivity contribution in [3.8, 4) is 0 Å². The molecule has 3 atom stereocenters. The Bertz CT molecular complexity index is 949. The van der Waals surface area contributed by atoms with Crippen molar-refractivity contribution < 1.29 is 32.2 Å². The fraction of sp³-hybridized carbons (Fsp3) is 0.450. The van der Waals surface area contributed by atoms with E-state index in [1.807, 2.05) is 0 Å². The molecule has 1 aliphatic rings. The molecule has 0 unspecified atom stereocenters. The monoisotopic (exact) mass is 427 g/mol. The average molecular weight is 427 g/mol. The first-order valence-corrected chi connectivity index (χ1v) is 9.32. The number of hydrogen-bond donors (Lipinski definition) is 1. The highest BCUT2D eigenvalue weighted by atomic mass is 19.3. The Balaban J connectivity index is 1.86. The number of aromatic nitrogens is 2. The lowest BCUT2D eigenvalue weighted by molar-refractivity contribution is 0.0171. The lowest BCUT2D eigenvalue weighted by Crippen LogP contribution is -2.42. The molecule has 1 N–H and O–H groups in total. The largest absolute Gasteiger partial charge is 0.447 e. The Morgan fingerprint density at radius 1 is 1.30 bits per heavy atom. The first kappa shape index (κ1) is 21.9. The molecule has 1 aromatic heterocycles. The van der Waals surface area contributed by atoms with Crippen LogP contribution in [0, 0.1) is 11.6 Å². The van der Waals surface area contributed by atoms with E-state index in [0.717, 1.165) is 23.2 Å². The van der Waals surface area contributed by atoms with E-state index in [0.29, 0.717) is 6.92 Å². The molecule has 0 radical (unpaired) electrons. The maximum absolute atomic E-state index is 14.4. The molecule has 2 heterocycles. The van der Waals surface area contributed by atoms with E-state index in [4.69, 9.17) is 4.74 Å². The number of carbonyl (C=O) groups excluding carboxylic acids is 1. The van der Waals surface area contributed by atoms with Crippen molar-refractivity contribution in [1.29, 1.82) is 0 Å². The predicted molar refractivity (Wildman–Crippen MR) is 99.4 cm³/mol. The zero-order valence-electron chi connectivity index (χ0n) is 16.6. The van der Waals surface area contributed by atoms with Crippen molar-refractivity contribution >= 4 is 11.9 Å². The van der Waals surface area contributed by atoms with Crippen LogP contribution in [0.25, 0.3) is 0 Å². The fourth-order valence-corrected chi connectivity index (χ4v) is 3.28. The summed E-state index contributed by atoms with van der Waals surface area (Å²) in [5.74, 6) is -5.57. The van der Waals surface area contributed by atoms with Crippen LogP contribution in [0.1, 0.15) is 43.6 Å². The maximum atomic E-state index is 14.4. The van der Waals surface area contributed by atoms with Gasteiger partial charge in [-0.3, -0.25) is 0 Å². The Hall–Kier alpha value is -2.75. The van der Waals surface area contributed by atoms with Gasteiger partial charge in [0.15, 0.2) is 11.6 Å². The van der Waals surface area contributed by atoms with E-state index in [1.54, 1.807) is 6.92 Å². The normalized spacial score (nSPS) is 19.0. The van der Waals surface area contributed by atoms with E-state index in [1.165, 1.54) is 13.0 Å². The summed E-state index contributed by atoms with van der Waals surface area (Å²) in [4.78, 5) is 20.9. The maximum Gasteiger partial charge on any atom is 0.416 e. The summed E-state index contributed by atoms with van der Waals surface area (Å²) in [6, 6.07) is 2.40. The van der Waals surface area contributed by atoms with Crippen LogP contribution in [0.5, 0.6) is 0 Å². The number of halogens is 4. The third-order valence-electron chi connectivity index (χ3n) is 4.99. The molecule has 3 rings (SSSR count).